The van der Waals surface area contributed by atoms with Crippen LogP contribution in [0.2, 0.25) is 0 Å². The molecule has 0 fully saturated rings. The lowest BCUT2D eigenvalue weighted by atomic mass is 10.1. The molecule has 21 heavy (non-hydrogen) atoms. The maximum Gasteiger partial charge on any atom is 0.453 e. The molecule has 0 saturated heterocycles. The van der Waals surface area contributed by atoms with Crippen molar-refractivity contribution in [2.75, 3.05) is 14.1 Å². The topological polar surface area (TPSA) is 34.0 Å². The van der Waals surface area contributed by atoms with Crippen molar-refractivity contribution >= 4 is 0 Å². The van der Waals surface area contributed by atoms with Crippen LogP contribution in [0.3, 0.4) is 0 Å². The Morgan fingerprint density at radius 2 is 1.71 bits per heavy atom. The molecule has 0 saturated carbocycles. The van der Waals surface area contributed by atoms with E-state index in [4.69, 9.17) is 0 Å². The Kier molecular flexibility index (Phi) is 4.04. The van der Waals surface area contributed by atoms with Crippen molar-refractivity contribution in [2.24, 2.45) is 7.05 Å². The summed E-state index contributed by atoms with van der Waals surface area (Å²) in [5, 5.41) is 3.42. The van der Waals surface area contributed by atoms with Crippen molar-refractivity contribution in [3.05, 3.63) is 35.7 Å². The highest BCUT2D eigenvalue weighted by Crippen LogP contribution is 2.29. The number of aryl methyl sites for hydroxylation is 1. The molecule has 2 aromatic rings. The Balaban J connectivity index is 2.33. The summed E-state index contributed by atoms with van der Waals surface area (Å²) in [6.45, 7) is 2.05. The highest BCUT2D eigenvalue weighted by Gasteiger charge is 2.36. The molecule has 0 radical (unpaired) electrons. The van der Waals surface area contributed by atoms with E-state index in [1.807, 2.05) is 26.2 Å². The van der Waals surface area contributed by atoms with Crippen molar-refractivity contribution < 1.29 is 13.2 Å². The SMILES string of the molecule is CC(c1ccc(-c2nc(C(F)(F)F)nn2C)cc1)N(C)C. The molecular formula is C14H17F3N4. The Hall–Kier alpha value is -1.89. The number of aromatic nitrogens is 3. The molecule has 1 atom stereocenters. The average Bonchev–Trinajstić information content (AvgIpc) is 2.80. The summed E-state index contributed by atoms with van der Waals surface area (Å²) < 4.78 is 39.0. The van der Waals surface area contributed by atoms with Gasteiger partial charge in [-0.3, -0.25) is 0 Å². The van der Waals surface area contributed by atoms with Gasteiger partial charge in [0, 0.05) is 18.7 Å². The van der Waals surface area contributed by atoms with Gasteiger partial charge in [-0.2, -0.15) is 13.2 Å². The van der Waals surface area contributed by atoms with Crippen molar-refractivity contribution in [1.82, 2.24) is 19.7 Å². The molecular weight excluding hydrogens is 281 g/mol. The van der Waals surface area contributed by atoms with E-state index < -0.39 is 12.0 Å². The minimum Gasteiger partial charge on any atom is -0.303 e. The zero-order valence-corrected chi connectivity index (χ0v) is 12.3. The lowest BCUT2D eigenvalue weighted by molar-refractivity contribution is -0.144. The first-order chi connectivity index (χ1) is 9.70. The van der Waals surface area contributed by atoms with Crippen LogP contribution in [0, 0.1) is 0 Å². The number of hydrogen-bond donors (Lipinski definition) is 0. The van der Waals surface area contributed by atoms with Crippen LogP contribution in [0.5, 0.6) is 0 Å². The van der Waals surface area contributed by atoms with Gasteiger partial charge in [0.25, 0.3) is 5.82 Å². The fourth-order valence-corrected chi connectivity index (χ4v) is 1.96. The zero-order valence-electron chi connectivity index (χ0n) is 12.3. The van der Waals surface area contributed by atoms with Gasteiger partial charge in [-0.25, -0.2) is 9.67 Å². The number of alkyl halides is 3. The monoisotopic (exact) mass is 298 g/mol. The van der Waals surface area contributed by atoms with E-state index in [0.717, 1.165) is 10.2 Å². The zero-order chi connectivity index (χ0) is 15.8. The van der Waals surface area contributed by atoms with Gasteiger partial charge in [0.15, 0.2) is 5.82 Å². The molecule has 4 nitrogen and oxygen atoms in total. The molecule has 0 spiro atoms. The highest BCUT2D eigenvalue weighted by atomic mass is 19.4. The molecule has 0 bridgehead atoms. The minimum absolute atomic E-state index is 0.200. The third kappa shape index (κ3) is 3.24. The number of benzene rings is 1. The number of rotatable bonds is 3. The Morgan fingerprint density at radius 1 is 1.14 bits per heavy atom. The van der Waals surface area contributed by atoms with Crippen molar-refractivity contribution in [1.29, 1.82) is 0 Å². The lowest BCUT2D eigenvalue weighted by Crippen LogP contribution is -2.16. The second kappa shape index (κ2) is 5.48. The van der Waals surface area contributed by atoms with Gasteiger partial charge in [0.05, 0.1) is 0 Å². The van der Waals surface area contributed by atoms with Crippen LogP contribution < -0.4 is 0 Å². The quantitative estimate of drug-likeness (QED) is 0.873. The fourth-order valence-electron chi connectivity index (χ4n) is 1.96. The fraction of sp³-hybridized carbons (Fsp3) is 0.429. The smallest absolute Gasteiger partial charge is 0.303 e. The molecule has 114 valence electrons. The molecule has 2 rings (SSSR count). The van der Waals surface area contributed by atoms with E-state index >= 15 is 0 Å². The average molecular weight is 298 g/mol. The van der Waals surface area contributed by atoms with Crippen LogP contribution >= 0.6 is 0 Å². The third-order valence-corrected chi connectivity index (χ3v) is 3.44. The predicted molar refractivity (Wildman–Crippen MR) is 73.5 cm³/mol. The first-order valence-corrected chi connectivity index (χ1v) is 6.45. The van der Waals surface area contributed by atoms with Gasteiger partial charge in [0.1, 0.15) is 0 Å². The summed E-state index contributed by atoms with van der Waals surface area (Å²) >= 11 is 0. The molecule has 0 amide bonds. The Labute approximate surface area is 121 Å². The third-order valence-electron chi connectivity index (χ3n) is 3.44. The molecule has 1 aromatic carbocycles. The van der Waals surface area contributed by atoms with Crippen molar-refractivity contribution in [3.8, 4) is 11.4 Å². The summed E-state index contributed by atoms with van der Waals surface area (Å²) in [6.07, 6.45) is -4.53. The summed E-state index contributed by atoms with van der Waals surface area (Å²) in [5.41, 5.74) is 1.69. The maximum absolute atomic E-state index is 12.6. The molecule has 0 aliphatic heterocycles. The summed E-state index contributed by atoms with van der Waals surface area (Å²) in [5.74, 6) is -0.919. The van der Waals surface area contributed by atoms with Gasteiger partial charge in [0.2, 0.25) is 0 Å². The molecule has 1 aromatic heterocycles. The van der Waals surface area contributed by atoms with Crippen LogP contribution in [0.25, 0.3) is 11.4 Å². The van der Waals surface area contributed by atoms with Gasteiger partial charge in [-0.1, -0.05) is 24.3 Å². The van der Waals surface area contributed by atoms with E-state index in [0.29, 0.717) is 5.56 Å². The number of halogens is 3. The molecule has 0 aliphatic carbocycles. The van der Waals surface area contributed by atoms with E-state index in [1.165, 1.54) is 7.05 Å². The van der Waals surface area contributed by atoms with Gasteiger partial charge in [-0.15, -0.1) is 5.10 Å². The molecule has 0 N–H and O–H groups in total. The summed E-state index contributed by atoms with van der Waals surface area (Å²) in [7, 11) is 5.39. The highest BCUT2D eigenvalue weighted by molar-refractivity contribution is 5.56. The minimum atomic E-state index is -4.53. The standard InChI is InChI=1S/C14H17F3N4/c1-9(20(2)3)10-5-7-11(8-6-10)12-18-13(14(15,16)17)19-21(12)4/h5-9H,1-4H3. The second-order valence-electron chi connectivity index (χ2n) is 5.14. The normalized spacial score (nSPS) is 13.7. The maximum atomic E-state index is 12.6. The molecule has 0 aliphatic rings. The largest absolute Gasteiger partial charge is 0.453 e. The van der Waals surface area contributed by atoms with E-state index in [-0.39, 0.29) is 11.9 Å². The number of hydrogen-bond acceptors (Lipinski definition) is 3. The number of nitrogens with zero attached hydrogens (tertiary/aromatic N) is 4. The van der Waals surface area contributed by atoms with Crippen LogP contribution in [0.1, 0.15) is 24.4 Å². The van der Waals surface area contributed by atoms with Crippen LogP contribution in [-0.2, 0) is 13.2 Å². The van der Waals surface area contributed by atoms with Gasteiger partial charge >= 0.3 is 6.18 Å². The molecule has 1 unspecified atom stereocenters. The Bertz CT molecular complexity index is 614. The van der Waals surface area contributed by atoms with E-state index in [2.05, 4.69) is 21.9 Å². The predicted octanol–water partition coefficient (Wildman–Crippen LogP) is 3.12. The van der Waals surface area contributed by atoms with E-state index in [1.54, 1.807) is 12.1 Å². The van der Waals surface area contributed by atoms with Crippen LogP contribution in [-0.4, -0.2) is 33.8 Å². The summed E-state index contributed by atoms with van der Waals surface area (Å²) in [4.78, 5) is 5.63. The molecule has 7 heteroatoms. The van der Waals surface area contributed by atoms with Crippen LogP contribution in [0.15, 0.2) is 24.3 Å². The second-order valence-corrected chi connectivity index (χ2v) is 5.14. The van der Waals surface area contributed by atoms with E-state index in [9.17, 15) is 13.2 Å². The first-order valence-electron chi connectivity index (χ1n) is 6.45. The van der Waals surface area contributed by atoms with Crippen molar-refractivity contribution in [3.63, 3.8) is 0 Å². The summed E-state index contributed by atoms with van der Waals surface area (Å²) in [6, 6.07) is 7.53. The Morgan fingerprint density at radius 3 is 2.14 bits per heavy atom. The lowest BCUT2D eigenvalue weighted by Gasteiger charge is -2.20. The van der Waals surface area contributed by atoms with Gasteiger partial charge in [-0.05, 0) is 26.6 Å². The van der Waals surface area contributed by atoms with Crippen molar-refractivity contribution in [2.45, 2.75) is 19.1 Å². The molecule has 1 heterocycles. The first kappa shape index (κ1) is 15.5. The van der Waals surface area contributed by atoms with Crippen LogP contribution in [0.4, 0.5) is 13.2 Å². The van der Waals surface area contributed by atoms with Gasteiger partial charge < -0.3 is 4.90 Å².